The molecular weight excluding hydrogens is 244 g/mol. The monoisotopic (exact) mass is 264 g/mol. The van der Waals surface area contributed by atoms with Crippen molar-refractivity contribution in [1.82, 2.24) is 9.88 Å². The van der Waals surface area contributed by atoms with Crippen LogP contribution in [0.3, 0.4) is 0 Å². The van der Waals surface area contributed by atoms with Crippen LogP contribution in [0.2, 0.25) is 0 Å². The summed E-state index contributed by atoms with van der Waals surface area (Å²) in [4.78, 5) is 6.72. The molecule has 0 amide bonds. The minimum absolute atomic E-state index is 0.683. The van der Waals surface area contributed by atoms with Crippen molar-refractivity contribution in [2.45, 2.75) is 20.3 Å². The predicted octanol–water partition coefficient (Wildman–Crippen LogP) is 3.11. The van der Waals surface area contributed by atoms with Crippen LogP contribution in [0, 0.1) is 6.92 Å². The van der Waals surface area contributed by atoms with Crippen molar-refractivity contribution in [2.75, 3.05) is 27.2 Å². The molecule has 0 bridgehead atoms. The first-order chi connectivity index (χ1) is 8.63. The summed E-state index contributed by atoms with van der Waals surface area (Å²) in [5, 5.41) is 3.43. The molecule has 3 nitrogen and oxygen atoms in total. The highest BCUT2D eigenvalue weighted by Crippen LogP contribution is 2.32. The Morgan fingerprint density at radius 2 is 2.17 bits per heavy atom. The number of ether oxygens (including phenoxy) is 1. The number of rotatable bonds is 5. The van der Waals surface area contributed by atoms with E-state index in [1.807, 2.05) is 14.1 Å². The van der Waals surface area contributed by atoms with Gasteiger partial charge in [0.2, 0.25) is 5.88 Å². The fraction of sp³-hybridized carbons (Fsp3) is 0.500. The van der Waals surface area contributed by atoms with Crippen LogP contribution in [0.25, 0.3) is 10.1 Å². The smallest absolute Gasteiger partial charge is 0.217 e. The predicted molar refractivity (Wildman–Crippen MR) is 77.8 cm³/mol. The molecule has 0 spiro atoms. The Balaban J connectivity index is 2.31. The molecule has 0 unspecified atom stereocenters. The minimum Gasteiger partial charge on any atom is -0.476 e. The van der Waals surface area contributed by atoms with E-state index in [-0.39, 0.29) is 0 Å². The van der Waals surface area contributed by atoms with Gasteiger partial charge in [0.1, 0.15) is 6.61 Å². The Kier molecular flexibility index (Phi) is 4.19. The first kappa shape index (κ1) is 13.3. The Hall–Kier alpha value is -1.13. The van der Waals surface area contributed by atoms with Gasteiger partial charge in [-0.05, 0) is 38.9 Å². The van der Waals surface area contributed by atoms with Gasteiger partial charge in [-0.1, -0.05) is 6.92 Å². The van der Waals surface area contributed by atoms with Crippen LogP contribution < -0.4 is 4.74 Å². The lowest BCUT2D eigenvalue weighted by atomic mass is 10.1. The number of hydrogen-bond acceptors (Lipinski definition) is 4. The molecule has 0 radical (unpaired) electrons. The average molecular weight is 264 g/mol. The number of aryl methyl sites for hydroxylation is 2. The van der Waals surface area contributed by atoms with E-state index in [9.17, 15) is 0 Å². The van der Waals surface area contributed by atoms with Crippen molar-refractivity contribution in [1.29, 1.82) is 0 Å². The molecule has 0 N–H and O–H groups in total. The molecule has 0 aromatic carbocycles. The van der Waals surface area contributed by atoms with E-state index in [0.717, 1.165) is 24.5 Å². The van der Waals surface area contributed by atoms with E-state index in [4.69, 9.17) is 4.74 Å². The summed E-state index contributed by atoms with van der Waals surface area (Å²) in [5.74, 6) is 0.808. The Morgan fingerprint density at radius 1 is 1.39 bits per heavy atom. The molecule has 0 saturated carbocycles. The van der Waals surface area contributed by atoms with Gasteiger partial charge in [0.05, 0.1) is 10.4 Å². The van der Waals surface area contributed by atoms with Crippen molar-refractivity contribution in [3.8, 4) is 5.88 Å². The fourth-order valence-corrected chi connectivity index (χ4v) is 2.87. The second kappa shape index (κ2) is 5.67. The highest BCUT2D eigenvalue weighted by Gasteiger charge is 2.12. The van der Waals surface area contributed by atoms with Crippen LogP contribution in [-0.2, 0) is 6.42 Å². The summed E-state index contributed by atoms with van der Waals surface area (Å²) in [6.07, 6.45) is 0.956. The van der Waals surface area contributed by atoms with Gasteiger partial charge in [-0.3, -0.25) is 0 Å². The lowest BCUT2D eigenvalue weighted by Gasteiger charge is -2.14. The number of pyridine rings is 1. The van der Waals surface area contributed by atoms with Crippen molar-refractivity contribution in [3.63, 3.8) is 0 Å². The van der Waals surface area contributed by atoms with Crippen molar-refractivity contribution >= 4 is 21.4 Å². The molecule has 0 aliphatic carbocycles. The maximum Gasteiger partial charge on any atom is 0.217 e. The maximum absolute atomic E-state index is 5.85. The zero-order valence-electron chi connectivity index (χ0n) is 11.5. The summed E-state index contributed by atoms with van der Waals surface area (Å²) in [5.41, 5.74) is 2.30. The first-order valence-corrected chi connectivity index (χ1v) is 7.15. The lowest BCUT2D eigenvalue weighted by molar-refractivity contribution is 0.252. The van der Waals surface area contributed by atoms with E-state index in [1.165, 1.54) is 15.6 Å². The fourth-order valence-electron chi connectivity index (χ4n) is 2.00. The largest absolute Gasteiger partial charge is 0.476 e. The third-order valence-corrected chi connectivity index (χ3v) is 4.00. The molecule has 2 aromatic rings. The summed E-state index contributed by atoms with van der Waals surface area (Å²) >= 11 is 1.75. The van der Waals surface area contributed by atoms with Crippen molar-refractivity contribution < 1.29 is 4.74 Å². The number of aromatic nitrogens is 1. The molecule has 2 heterocycles. The molecule has 98 valence electrons. The lowest BCUT2D eigenvalue weighted by Crippen LogP contribution is -2.20. The standard InChI is InChI=1S/C14H20N2OS/c1-5-11-12-6-9-18-13(12)10(2)15-14(11)17-8-7-16(3)4/h6,9H,5,7-8H2,1-4H3. The quantitative estimate of drug-likeness (QED) is 0.829. The maximum atomic E-state index is 5.85. The number of likely N-dealkylation sites (N-methyl/N-ethyl adjacent to an activating group) is 1. The van der Waals surface area contributed by atoms with Gasteiger partial charge >= 0.3 is 0 Å². The summed E-state index contributed by atoms with van der Waals surface area (Å²) in [7, 11) is 4.09. The van der Waals surface area contributed by atoms with Gasteiger partial charge in [-0.15, -0.1) is 11.3 Å². The highest BCUT2D eigenvalue weighted by atomic mass is 32.1. The molecule has 2 rings (SSSR count). The summed E-state index contributed by atoms with van der Waals surface area (Å²) in [6.45, 7) is 5.80. The van der Waals surface area contributed by atoms with Crippen molar-refractivity contribution in [3.05, 3.63) is 22.7 Å². The zero-order valence-corrected chi connectivity index (χ0v) is 12.3. The Labute approximate surface area is 112 Å². The van der Waals surface area contributed by atoms with Gasteiger partial charge in [-0.2, -0.15) is 0 Å². The number of hydrogen-bond donors (Lipinski definition) is 0. The molecule has 2 aromatic heterocycles. The van der Waals surface area contributed by atoms with E-state index in [0.29, 0.717) is 6.61 Å². The second-order valence-electron chi connectivity index (χ2n) is 4.65. The van der Waals surface area contributed by atoms with Gasteiger partial charge in [0, 0.05) is 17.5 Å². The third kappa shape index (κ3) is 2.65. The van der Waals surface area contributed by atoms with Crippen LogP contribution in [0.1, 0.15) is 18.2 Å². The molecular formula is C14H20N2OS. The van der Waals surface area contributed by atoms with Gasteiger partial charge < -0.3 is 9.64 Å². The van der Waals surface area contributed by atoms with E-state index >= 15 is 0 Å². The molecule has 0 aliphatic heterocycles. The topological polar surface area (TPSA) is 25.4 Å². The van der Waals surface area contributed by atoms with E-state index < -0.39 is 0 Å². The zero-order chi connectivity index (χ0) is 13.1. The van der Waals surface area contributed by atoms with Crippen LogP contribution in [-0.4, -0.2) is 37.1 Å². The average Bonchev–Trinajstić information content (AvgIpc) is 2.78. The van der Waals surface area contributed by atoms with E-state index in [2.05, 4.69) is 35.2 Å². The van der Waals surface area contributed by atoms with Crippen LogP contribution in [0.5, 0.6) is 5.88 Å². The first-order valence-electron chi connectivity index (χ1n) is 6.27. The molecule has 0 saturated heterocycles. The highest BCUT2D eigenvalue weighted by molar-refractivity contribution is 7.17. The second-order valence-corrected chi connectivity index (χ2v) is 5.57. The molecule has 0 fully saturated rings. The van der Waals surface area contributed by atoms with E-state index in [1.54, 1.807) is 11.3 Å². The summed E-state index contributed by atoms with van der Waals surface area (Å²) < 4.78 is 7.13. The van der Waals surface area contributed by atoms with Crippen molar-refractivity contribution in [2.24, 2.45) is 0 Å². The normalized spacial score (nSPS) is 11.4. The number of nitrogens with zero attached hydrogens (tertiary/aromatic N) is 2. The molecule has 4 heteroatoms. The van der Waals surface area contributed by atoms with Gasteiger partial charge in [0.15, 0.2) is 0 Å². The Morgan fingerprint density at radius 3 is 2.83 bits per heavy atom. The Bertz CT molecular complexity index is 534. The van der Waals surface area contributed by atoms with Gasteiger partial charge in [0.25, 0.3) is 0 Å². The van der Waals surface area contributed by atoms with Crippen LogP contribution >= 0.6 is 11.3 Å². The molecule has 18 heavy (non-hydrogen) atoms. The number of thiophene rings is 1. The minimum atomic E-state index is 0.683. The van der Waals surface area contributed by atoms with Crippen LogP contribution in [0.4, 0.5) is 0 Å². The molecule has 0 aliphatic rings. The number of fused-ring (bicyclic) bond motifs is 1. The third-order valence-electron chi connectivity index (χ3n) is 2.98. The van der Waals surface area contributed by atoms with Gasteiger partial charge in [-0.25, -0.2) is 4.98 Å². The SMILES string of the molecule is CCc1c(OCCN(C)C)nc(C)c2sccc12. The summed E-state index contributed by atoms with van der Waals surface area (Å²) in [6, 6.07) is 2.17. The van der Waals surface area contributed by atoms with Crippen LogP contribution in [0.15, 0.2) is 11.4 Å². The molecule has 0 atom stereocenters.